The third-order valence-electron chi connectivity index (χ3n) is 4.08. The number of nitrogen functional groups attached to an aromatic ring is 1. The minimum absolute atomic E-state index is 0.118. The second-order valence-electron chi connectivity index (χ2n) is 5.44. The van der Waals surface area contributed by atoms with Gasteiger partial charge in [0.05, 0.1) is 11.4 Å². The number of hydrogen-bond donors (Lipinski definition) is 2. The molecule has 112 valence electrons. The molecule has 1 atom stereocenters. The van der Waals surface area contributed by atoms with E-state index in [4.69, 9.17) is 5.73 Å². The number of carbonyl (C=O) groups excluding carboxylic acids is 1. The summed E-state index contributed by atoms with van der Waals surface area (Å²) in [6, 6.07) is 0. The third kappa shape index (κ3) is 2.95. The van der Waals surface area contributed by atoms with Crippen LogP contribution >= 0.6 is 0 Å². The van der Waals surface area contributed by atoms with E-state index in [1.165, 1.54) is 0 Å². The molecule has 2 rings (SSSR count). The molecule has 1 aliphatic heterocycles. The van der Waals surface area contributed by atoms with Crippen LogP contribution in [0, 0.1) is 5.92 Å². The molecule has 2 heterocycles. The predicted molar refractivity (Wildman–Crippen MR) is 79.6 cm³/mol. The molecule has 6 nitrogen and oxygen atoms in total. The van der Waals surface area contributed by atoms with E-state index < -0.39 is 0 Å². The lowest BCUT2D eigenvalue weighted by Gasteiger charge is -2.14. The number of nitrogens with two attached hydrogens (primary N) is 1. The number of likely N-dealkylation sites (tertiary alicyclic amines) is 1. The normalized spacial score (nSPS) is 19.4. The third-order valence-corrected chi connectivity index (χ3v) is 4.08. The van der Waals surface area contributed by atoms with Gasteiger partial charge in [0.2, 0.25) is 0 Å². The van der Waals surface area contributed by atoms with E-state index in [-0.39, 0.29) is 5.91 Å². The van der Waals surface area contributed by atoms with Crippen LogP contribution < -0.4 is 11.1 Å². The number of hydrogen-bond acceptors (Lipinski definition) is 4. The van der Waals surface area contributed by atoms with Crippen molar-refractivity contribution in [2.45, 2.75) is 26.7 Å². The van der Waals surface area contributed by atoms with Gasteiger partial charge < -0.3 is 16.0 Å². The molecule has 3 N–H and O–H groups in total. The van der Waals surface area contributed by atoms with Crippen molar-refractivity contribution in [1.82, 2.24) is 20.0 Å². The Labute approximate surface area is 120 Å². The molecule has 1 aromatic heterocycles. The van der Waals surface area contributed by atoms with Crippen molar-refractivity contribution in [3.63, 3.8) is 0 Å². The van der Waals surface area contributed by atoms with Gasteiger partial charge >= 0.3 is 0 Å². The van der Waals surface area contributed by atoms with E-state index in [1.807, 2.05) is 6.92 Å². The summed E-state index contributed by atoms with van der Waals surface area (Å²) in [6.07, 6.45) is 1.89. The Kier molecular flexibility index (Phi) is 4.65. The Balaban J connectivity index is 1.94. The number of rotatable bonds is 5. The molecule has 20 heavy (non-hydrogen) atoms. The first-order chi connectivity index (χ1) is 9.56. The first-order valence-corrected chi connectivity index (χ1v) is 7.38. The highest BCUT2D eigenvalue weighted by atomic mass is 16.2. The molecule has 1 amide bonds. The minimum Gasteiger partial charge on any atom is -0.395 e. The molecule has 1 fully saturated rings. The Bertz CT molecular complexity index is 482. The van der Waals surface area contributed by atoms with Gasteiger partial charge in [-0.3, -0.25) is 9.48 Å². The van der Waals surface area contributed by atoms with Gasteiger partial charge in [0, 0.05) is 20.1 Å². The highest BCUT2D eigenvalue weighted by molar-refractivity contribution is 5.97. The molecule has 1 aromatic rings. The van der Waals surface area contributed by atoms with Crippen LogP contribution in [0.2, 0.25) is 0 Å². The summed E-state index contributed by atoms with van der Waals surface area (Å²) in [6.45, 7) is 8.14. The van der Waals surface area contributed by atoms with Crippen LogP contribution in [0.1, 0.15) is 36.5 Å². The standard InChI is InChI=1S/C14H25N5O/c1-4-11-12(15)13(18(3)17-11)14(20)16-8-10-6-7-19(5-2)9-10/h10H,4-9,15H2,1-3H3,(H,16,20). The van der Waals surface area contributed by atoms with Crippen LogP contribution in [0.25, 0.3) is 0 Å². The second-order valence-corrected chi connectivity index (χ2v) is 5.44. The quantitative estimate of drug-likeness (QED) is 0.829. The maximum atomic E-state index is 12.3. The number of amides is 1. The SMILES string of the molecule is CCc1nn(C)c(C(=O)NCC2CCN(CC)C2)c1N. The summed E-state index contributed by atoms with van der Waals surface area (Å²) in [5, 5.41) is 7.28. The largest absolute Gasteiger partial charge is 0.395 e. The van der Waals surface area contributed by atoms with Gasteiger partial charge in [0.25, 0.3) is 5.91 Å². The molecule has 6 heteroatoms. The molecular formula is C14H25N5O. The van der Waals surface area contributed by atoms with Crippen LogP contribution in [-0.2, 0) is 13.5 Å². The van der Waals surface area contributed by atoms with Gasteiger partial charge in [0.15, 0.2) is 0 Å². The fraction of sp³-hybridized carbons (Fsp3) is 0.714. The molecule has 1 unspecified atom stereocenters. The van der Waals surface area contributed by atoms with Gasteiger partial charge in [0.1, 0.15) is 5.69 Å². The van der Waals surface area contributed by atoms with Crippen LogP contribution in [0.15, 0.2) is 0 Å². The van der Waals surface area contributed by atoms with Gasteiger partial charge in [-0.15, -0.1) is 0 Å². The van der Waals surface area contributed by atoms with Gasteiger partial charge in [-0.1, -0.05) is 13.8 Å². The average molecular weight is 279 g/mol. The first kappa shape index (κ1) is 14.8. The van der Waals surface area contributed by atoms with Crippen molar-refractivity contribution in [2.24, 2.45) is 13.0 Å². The summed E-state index contributed by atoms with van der Waals surface area (Å²) in [7, 11) is 1.76. The highest BCUT2D eigenvalue weighted by Gasteiger charge is 2.23. The van der Waals surface area contributed by atoms with Crippen molar-refractivity contribution < 1.29 is 4.79 Å². The fourth-order valence-electron chi connectivity index (χ4n) is 2.81. The minimum atomic E-state index is -0.118. The lowest BCUT2D eigenvalue weighted by Crippen LogP contribution is -2.32. The highest BCUT2D eigenvalue weighted by Crippen LogP contribution is 2.18. The van der Waals surface area contributed by atoms with E-state index >= 15 is 0 Å². The van der Waals surface area contributed by atoms with E-state index in [0.29, 0.717) is 23.8 Å². The van der Waals surface area contributed by atoms with Crippen molar-refractivity contribution in [1.29, 1.82) is 0 Å². The molecule has 0 radical (unpaired) electrons. The fourth-order valence-corrected chi connectivity index (χ4v) is 2.81. The average Bonchev–Trinajstić information content (AvgIpc) is 3.00. The van der Waals surface area contributed by atoms with Crippen LogP contribution in [0.4, 0.5) is 5.69 Å². The van der Waals surface area contributed by atoms with Crippen LogP contribution in [-0.4, -0.2) is 46.8 Å². The number of nitrogens with zero attached hydrogens (tertiary/aromatic N) is 3. The van der Waals surface area contributed by atoms with Gasteiger partial charge in [-0.25, -0.2) is 0 Å². The Morgan fingerprint density at radius 1 is 1.50 bits per heavy atom. The van der Waals surface area contributed by atoms with Crippen molar-refractivity contribution in [2.75, 3.05) is 31.9 Å². The summed E-state index contributed by atoms with van der Waals surface area (Å²) in [5.74, 6) is 0.422. The van der Waals surface area contributed by atoms with Gasteiger partial charge in [-0.05, 0) is 31.8 Å². The molecule has 1 saturated heterocycles. The summed E-state index contributed by atoms with van der Waals surface area (Å²) < 4.78 is 1.58. The van der Waals surface area contributed by atoms with E-state index in [0.717, 1.165) is 38.2 Å². The zero-order valence-electron chi connectivity index (χ0n) is 12.6. The van der Waals surface area contributed by atoms with Crippen molar-refractivity contribution >= 4 is 11.6 Å². The second kappa shape index (κ2) is 6.26. The molecule has 0 aromatic carbocycles. The zero-order valence-corrected chi connectivity index (χ0v) is 12.6. The summed E-state index contributed by atoms with van der Waals surface area (Å²) in [4.78, 5) is 14.7. The predicted octanol–water partition coefficient (Wildman–Crippen LogP) is 0.636. The molecule has 0 bridgehead atoms. The van der Waals surface area contributed by atoms with E-state index in [9.17, 15) is 4.79 Å². The number of aryl methyl sites for hydroxylation is 2. The van der Waals surface area contributed by atoms with Crippen LogP contribution in [0.5, 0.6) is 0 Å². The summed E-state index contributed by atoms with van der Waals surface area (Å²) >= 11 is 0. The number of carbonyl (C=O) groups is 1. The lowest BCUT2D eigenvalue weighted by atomic mass is 10.1. The molecule has 0 aliphatic carbocycles. The lowest BCUT2D eigenvalue weighted by molar-refractivity contribution is 0.0939. The van der Waals surface area contributed by atoms with E-state index in [1.54, 1.807) is 11.7 Å². The molecule has 1 aliphatic rings. The van der Waals surface area contributed by atoms with Crippen molar-refractivity contribution in [3.8, 4) is 0 Å². The Morgan fingerprint density at radius 2 is 2.25 bits per heavy atom. The maximum Gasteiger partial charge on any atom is 0.271 e. The van der Waals surface area contributed by atoms with Crippen molar-refractivity contribution in [3.05, 3.63) is 11.4 Å². The smallest absolute Gasteiger partial charge is 0.271 e. The zero-order chi connectivity index (χ0) is 14.7. The monoisotopic (exact) mass is 279 g/mol. The molecule has 0 saturated carbocycles. The molecular weight excluding hydrogens is 254 g/mol. The van der Waals surface area contributed by atoms with E-state index in [2.05, 4.69) is 22.2 Å². The first-order valence-electron chi connectivity index (χ1n) is 7.38. The van der Waals surface area contributed by atoms with Gasteiger partial charge in [-0.2, -0.15) is 5.10 Å². The summed E-state index contributed by atoms with van der Waals surface area (Å²) in [5.41, 5.74) is 7.77. The topological polar surface area (TPSA) is 76.2 Å². The molecule has 0 spiro atoms. The Hall–Kier alpha value is -1.56. The Morgan fingerprint density at radius 3 is 2.80 bits per heavy atom. The van der Waals surface area contributed by atoms with Crippen LogP contribution in [0.3, 0.4) is 0 Å². The number of anilines is 1. The number of aromatic nitrogens is 2. The number of nitrogens with one attached hydrogen (secondary N) is 1. The maximum absolute atomic E-state index is 12.3.